The van der Waals surface area contributed by atoms with Crippen molar-refractivity contribution in [3.05, 3.63) is 0 Å². The van der Waals surface area contributed by atoms with Gasteiger partial charge in [0.05, 0.1) is 0 Å². The molecule has 0 aromatic rings. The molecule has 1 rings (SSSR count). The van der Waals surface area contributed by atoms with Crippen LogP contribution in [0.25, 0.3) is 0 Å². The van der Waals surface area contributed by atoms with Crippen LogP contribution < -0.4 is 5.32 Å². The summed E-state index contributed by atoms with van der Waals surface area (Å²) in [7, 11) is 0. The quantitative estimate of drug-likeness (QED) is 0.580. The van der Waals surface area contributed by atoms with Gasteiger partial charge in [0.15, 0.2) is 11.8 Å². The third kappa shape index (κ3) is 1.92. The summed E-state index contributed by atoms with van der Waals surface area (Å²) >= 11 is 0. The van der Waals surface area contributed by atoms with Crippen molar-refractivity contribution in [3.63, 3.8) is 0 Å². The molecule has 0 aliphatic carbocycles. The first-order chi connectivity index (χ1) is 5.02. The molecule has 0 radical (unpaired) electrons. The molecule has 1 heterocycles. The lowest BCUT2D eigenvalue weighted by molar-refractivity contribution is -0.169. The van der Waals surface area contributed by atoms with Crippen LogP contribution in [0.15, 0.2) is 0 Å². The molecule has 0 bridgehead atoms. The number of hydrogen-bond donors (Lipinski definition) is 1. The Morgan fingerprint density at radius 1 is 1.45 bits per heavy atom. The van der Waals surface area contributed by atoms with Crippen LogP contribution in [0, 0.1) is 0 Å². The van der Waals surface area contributed by atoms with E-state index < -0.39 is 18.0 Å². The molecule has 0 saturated carbocycles. The standard InChI is InChI=1S/C6H8F3NO/c7-6(8,9)5-4(11)2-1-3-10-5/h5,10H,1-3H2. The largest absolute Gasteiger partial charge is 0.410 e. The predicted molar refractivity (Wildman–Crippen MR) is 32.1 cm³/mol. The third-order valence-corrected chi connectivity index (χ3v) is 1.60. The molecule has 1 N–H and O–H groups in total. The van der Waals surface area contributed by atoms with Crippen molar-refractivity contribution < 1.29 is 18.0 Å². The van der Waals surface area contributed by atoms with Crippen molar-refractivity contribution >= 4 is 5.78 Å². The summed E-state index contributed by atoms with van der Waals surface area (Å²) in [4.78, 5) is 10.7. The SMILES string of the molecule is O=C1CCCNC1C(F)(F)F. The van der Waals surface area contributed by atoms with E-state index in [1.54, 1.807) is 0 Å². The number of halogens is 3. The molecular weight excluding hydrogens is 159 g/mol. The maximum Gasteiger partial charge on any atom is 0.410 e. The predicted octanol–water partition coefficient (Wildman–Crippen LogP) is 0.870. The lowest BCUT2D eigenvalue weighted by Crippen LogP contribution is -2.51. The summed E-state index contributed by atoms with van der Waals surface area (Å²) in [5.41, 5.74) is 0. The molecule has 5 heteroatoms. The number of carbonyl (C=O) groups is 1. The monoisotopic (exact) mass is 167 g/mol. The molecule has 1 atom stereocenters. The summed E-state index contributed by atoms with van der Waals surface area (Å²) < 4.78 is 35.7. The van der Waals surface area contributed by atoms with Crippen molar-refractivity contribution in [1.29, 1.82) is 0 Å². The van der Waals surface area contributed by atoms with Crippen molar-refractivity contribution in [3.8, 4) is 0 Å². The van der Waals surface area contributed by atoms with Crippen LogP contribution in [0.3, 0.4) is 0 Å². The molecule has 0 spiro atoms. The summed E-state index contributed by atoms with van der Waals surface area (Å²) in [6.07, 6.45) is -3.87. The number of ketones is 1. The molecule has 1 fully saturated rings. The van der Waals surface area contributed by atoms with Gasteiger partial charge >= 0.3 is 6.18 Å². The van der Waals surface area contributed by atoms with Crippen LogP contribution >= 0.6 is 0 Å². The van der Waals surface area contributed by atoms with Crippen molar-refractivity contribution in [2.45, 2.75) is 25.1 Å². The minimum atomic E-state index is -4.42. The van der Waals surface area contributed by atoms with E-state index >= 15 is 0 Å². The average Bonchev–Trinajstić information content (AvgIpc) is 1.86. The molecule has 1 saturated heterocycles. The Labute approximate surface area is 61.8 Å². The van der Waals surface area contributed by atoms with Crippen molar-refractivity contribution in [2.24, 2.45) is 0 Å². The second kappa shape index (κ2) is 2.81. The van der Waals surface area contributed by atoms with Gasteiger partial charge in [-0.3, -0.25) is 10.1 Å². The smallest absolute Gasteiger partial charge is 0.300 e. The van der Waals surface area contributed by atoms with Gasteiger partial charge in [0.1, 0.15) is 0 Å². The number of piperidine rings is 1. The van der Waals surface area contributed by atoms with E-state index in [1.165, 1.54) is 0 Å². The molecule has 0 aromatic heterocycles. The number of hydrogen-bond acceptors (Lipinski definition) is 2. The summed E-state index contributed by atoms with van der Waals surface area (Å²) in [5.74, 6) is -0.747. The lowest BCUT2D eigenvalue weighted by atomic mass is 10.0. The van der Waals surface area contributed by atoms with Crippen LogP contribution in [0.4, 0.5) is 13.2 Å². The van der Waals surface area contributed by atoms with Gasteiger partial charge in [-0.25, -0.2) is 0 Å². The fourth-order valence-corrected chi connectivity index (χ4v) is 1.07. The Hall–Kier alpha value is -0.580. The van der Waals surface area contributed by atoms with Gasteiger partial charge in [0.2, 0.25) is 0 Å². The van der Waals surface area contributed by atoms with Crippen LogP contribution in [0.1, 0.15) is 12.8 Å². The van der Waals surface area contributed by atoms with E-state index in [9.17, 15) is 18.0 Å². The third-order valence-electron chi connectivity index (χ3n) is 1.60. The van der Waals surface area contributed by atoms with Gasteiger partial charge < -0.3 is 0 Å². The first-order valence-corrected chi connectivity index (χ1v) is 3.34. The Morgan fingerprint density at radius 3 is 2.45 bits per heavy atom. The Bertz CT molecular complexity index is 166. The Morgan fingerprint density at radius 2 is 2.09 bits per heavy atom. The van der Waals surface area contributed by atoms with Crippen LogP contribution in [-0.4, -0.2) is 24.5 Å². The van der Waals surface area contributed by atoms with E-state index in [0.29, 0.717) is 6.42 Å². The summed E-state index contributed by atoms with van der Waals surface area (Å²) in [5, 5.41) is 2.13. The molecule has 1 aliphatic heterocycles. The maximum atomic E-state index is 11.9. The van der Waals surface area contributed by atoms with Crippen molar-refractivity contribution in [2.75, 3.05) is 6.54 Å². The minimum absolute atomic E-state index is 0.0389. The number of carbonyl (C=O) groups excluding carboxylic acids is 1. The van der Waals surface area contributed by atoms with Gasteiger partial charge in [-0.15, -0.1) is 0 Å². The highest BCUT2D eigenvalue weighted by Gasteiger charge is 2.45. The zero-order valence-corrected chi connectivity index (χ0v) is 5.74. The summed E-state index contributed by atoms with van der Waals surface area (Å²) in [6, 6.07) is -1.92. The first-order valence-electron chi connectivity index (χ1n) is 3.34. The summed E-state index contributed by atoms with van der Waals surface area (Å²) in [6.45, 7) is 0.274. The average molecular weight is 167 g/mol. The van der Waals surface area contributed by atoms with E-state index in [-0.39, 0.29) is 13.0 Å². The second-order valence-corrected chi connectivity index (χ2v) is 2.50. The maximum absolute atomic E-state index is 11.9. The molecule has 0 amide bonds. The molecule has 1 unspecified atom stereocenters. The first kappa shape index (κ1) is 8.52. The fraction of sp³-hybridized carbons (Fsp3) is 0.833. The lowest BCUT2D eigenvalue weighted by Gasteiger charge is -2.24. The number of Topliss-reactive ketones (excluding diaryl/α,β-unsaturated/α-hetero) is 1. The zero-order valence-electron chi connectivity index (χ0n) is 5.74. The van der Waals surface area contributed by atoms with E-state index in [4.69, 9.17) is 0 Å². The Kier molecular flexibility index (Phi) is 2.17. The molecule has 64 valence electrons. The van der Waals surface area contributed by atoms with Gasteiger partial charge in [0, 0.05) is 6.42 Å². The topological polar surface area (TPSA) is 29.1 Å². The van der Waals surface area contributed by atoms with Gasteiger partial charge in [0.25, 0.3) is 0 Å². The fourth-order valence-electron chi connectivity index (χ4n) is 1.07. The normalized spacial score (nSPS) is 27.2. The number of rotatable bonds is 0. The highest BCUT2D eigenvalue weighted by atomic mass is 19.4. The van der Waals surface area contributed by atoms with Crippen molar-refractivity contribution in [1.82, 2.24) is 5.32 Å². The molecule has 11 heavy (non-hydrogen) atoms. The highest BCUT2D eigenvalue weighted by Crippen LogP contribution is 2.23. The van der Waals surface area contributed by atoms with Gasteiger partial charge in [-0.05, 0) is 13.0 Å². The van der Waals surface area contributed by atoms with Crippen LogP contribution in [0.5, 0.6) is 0 Å². The van der Waals surface area contributed by atoms with E-state index in [1.807, 2.05) is 0 Å². The van der Waals surface area contributed by atoms with Gasteiger partial charge in [-0.2, -0.15) is 13.2 Å². The van der Waals surface area contributed by atoms with Crippen LogP contribution in [-0.2, 0) is 4.79 Å². The van der Waals surface area contributed by atoms with Crippen LogP contribution in [0.2, 0.25) is 0 Å². The molecule has 0 aromatic carbocycles. The second-order valence-electron chi connectivity index (χ2n) is 2.50. The molecule has 2 nitrogen and oxygen atoms in total. The Balaban J connectivity index is 2.62. The van der Waals surface area contributed by atoms with E-state index in [0.717, 1.165) is 0 Å². The van der Waals surface area contributed by atoms with Gasteiger partial charge in [-0.1, -0.05) is 0 Å². The molecule has 1 aliphatic rings. The number of alkyl halides is 3. The minimum Gasteiger partial charge on any atom is -0.300 e. The highest BCUT2D eigenvalue weighted by molar-refractivity contribution is 5.85. The van der Waals surface area contributed by atoms with E-state index in [2.05, 4.69) is 5.32 Å². The zero-order chi connectivity index (χ0) is 8.48. The number of nitrogens with one attached hydrogen (secondary N) is 1. The molecular formula is C6H8F3NO.